The van der Waals surface area contributed by atoms with Crippen molar-refractivity contribution in [1.82, 2.24) is 0 Å². The Kier molecular flexibility index (Phi) is 5.37. The van der Waals surface area contributed by atoms with Crippen molar-refractivity contribution in [3.05, 3.63) is 77.9 Å². The Morgan fingerprint density at radius 2 is 1.70 bits per heavy atom. The van der Waals surface area contributed by atoms with Crippen LogP contribution in [-0.2, 0) is 0 Å². The van der Waals surface area contributed by atoms with Crippen LogP contribution < -0.4 is 9.47 Å². The van der Waals surface area contributed by atoms with E-state index < -0.39 is 5.97 Å². The molecule has 0 saturated carbocycles. The quantitative estimate of drug-likeness (QED) is 0.405. The van der Waals surface area contributed by atoms with Crippen molar-refractivity contribution in [2.75, 3.05) is 7.11 Å². The van der Waals surface area contributed by atoms with Crippen LogP contribution >= 0.6 is 0 Å². The molecule has 0 radical (unpaired) electrons. The number of rotatable bonds is 5. The van der Waals surface area contributed by atoms with Crippen LogP contribution in [0, 0.1) is 0 Å². The Morgan fingerprint density at radius 1 is 0.963 bits per heavy atom. The summed E-state index contributed by atoms with van der Waals surface area (Å²) in [5.74, 6) is 0.328. The largest absolute Gasteiger partial charge is 0.508 e. The summed E-state index contributed by atoms with van der Waals surface area (Å²) < 4.78 is 10.3. The molecule has 0 atom stereocenters. The number of phenols is 2. The number of hydrogen-bond acceptors (Lipinski definition) is 6. The Balaban J connectivity index is 1.71. The summed E-state index contributed by atoms with van der Waals surface area (Å²) in [6, 6.07) is 17.4. The molecule has 0 aromatic heterocycles. The van der Waals surface area contributed by atoms with Crippen LogP contribution in [0.25, 0.3) is 0 Å². The number of esters is 1. The second kappa shape index (κ2) is 8.05. The zero-order valence-electron chi connectivity index (χ0n) is 14.5. The number of aromatic hydroxyl groups is 2. The number of nitrogens with zero attached hydrogens (tertiary/aromatic N) is 1. The van der Waals surface area contributed by atoms with Crippen LogP contribution in [-0.4, -0.2) is 29.5 Å². The van der Waals surface area contributed by atoms with Gasteiger partial charge in [0.1, 0.15) is 23.0 Å². The molecule has 6 heteroatoms. The zero-order chi connectivity index (χ0) is 19.2. The Hall–Kier alpha value is -3.80. The molecule has 0 saturated heterocycles. The van der Waals surface area contributed by atoms with Gasteiger partial charge < -0.3 is 19.7 Å². The standard InChI is InChI=1S/C21H17NO5/c1-26-18-8-5-14(6-9-18)21(25)27-19-10-7-15(20(24)12-19)13-22-16-3-2-4-17(23)11-16/h2-13,23-24H,1H3. The van der Waals surface area contributed by atoms with Gasteiger partial charge in [-0.3, -0.25) is 4.99 Å². The number of phenolic OH excluding ortho intramolecular Hbond substituents is 2. The lowest BCUT2D eigenvalue weighted by atomic mass is 10.2. The van der Waals surface area contributed by atoms with Gasteiger partial charge in [-0.05, 0) is 48.5 Å². The van der Waals surface area contributed by atoms with Gasteiger partial charge in [-0.2, -0.15) is 0 Å². The van der Waals surface area contributed by atoms with Gasteiger partial charge in [-0.15, -0.1) is 0 Å². The van der Waals surface area contributed by atoms with E-state index in [2.05, 4.69) is 4.99 Å². The summed E-state index contributed by atoms with van der Waals surface area (Å²) >= 11 is 0. The first kappa shape index (κ1) is 18.0. The number of methoxy groups -OCH3 is 1. The molecule has 0 fully saturated rings. The third-order valence-corrected chi connectivity index (χ3v) is 3.72. The molecule has 0 bridgehead atoms. The molecule has 0 heterocycles. The molecule has 3 aromatic carbocycles. The predicted molar refractivity (Wildman–Crippen MR) is 101 cm³/mol. The Bertz CT molecular complexity index is 980. The smallest absolute Gasteiger partial charge is 0.343 e. The van der Waals surface area contributed by atoms with Crippen LogP contribution in [0.3, 0.4) is 0 Å². The fourth-order valence-electron chi connectivity index (χ4n) is 2.31. The lowest BCUT2D eigenvalue weighted by Crippen LogP contribution is -2.08. The summed E-state index contributed by atoms with van der Waals surface area (Å²) in [4.78, 5) is 16.3. The van der Waals surface area contributed by atoms with Crippen molar-refractivity contribution >= 4 is 17.9 Å². The second-order valence-electron chi connectivity index (χ2n) is 5.62. The SMILES string of the molecule is COc1ccc(C(=O)Oc2ccc(C=Nc3cccc(O)c3)c(O)c2)cc1. The fraction of sp³-hybridized carbons (Fsp3) is 0.0476. The molecular weight excluding hydrogens is 346 g/mol. The van der Waals surface area contributed by atoms with Gasteiger partial charge in [-0.25, -0.2) is 4.79 Å². The maximum atomic E-state index is 12.2. The molecule has 0 unspecified atom stereocenters. The second-order valence-corrected chi connectivity index (χ2v) is 5.62. The maximum Gasteiger partial charge on any atom is 0.343 e. The molecule has 0 aliphatic rings. The molecular formula is C21H17NO5. The lowest BCUT2D eigenvalue weighted by molar-refractivity contribution is 0.0734. The zero-order valence-corrected chi connectivity index (χ0v) is 14.5. The van der Waals surface area contributed by atoms with Gasteiger partial charge in [0.05, 0.1) is 18.4 Å². The van der Waals surface area contributed by atoms with E-state index in [0.29, 0.717) is 22.6 Å². The number of aliphatic imine (C=N–C) groups is 1. The topological polar surface area (TPSA) is 88.4 Å². The van der Waals surface area contributed by atoms with Crippen LogP contribution in [0.2, 0.25) is 0 Å². The average Bonchev–Trinajstić information content (AvgIpc) is 2.67. The summed E-state index contributed by atoms with van der Waals surface area (Å²) in [6.45, 7) is 0. The molecule has 0 aliphatic heterocycles. The van der Waals surface area contributed by atoms with Crippen molar-refractivity contribution in [1.29, 1.82) is 0 Å². The third kappa shape index (κ3) is 4.64. The van der Waals surface area contributed by atoms with Crippen molar-refractivity contribution < 1.29 is 24.5 Å². The molecule has 6 nitrogen and oxygen atoms in total. The van der Waals surface area contributed by atoms with E-state index in [0.717, 1.165) is 0 Å². The van der Waals surface area contributed by atoms with E-state index in [4.69, 9.17) is 9.47 Å². The third-order valence-electron chi connectivity index (χ3n) is 3.72. The minimum Gasteiger partial charge on any atom is -0.508 e. The molecule has 3 rings (SSSR count). The predicted octanol–water partition coefficient (Wildman–Crippen LogP) is 4.08. The minimum atomic E-state index is -0.543. The van der Waals surface area contributed by atoms with Gasteiger partial charge in [0.15, 0.2) is 0 Å². The first-order valence-electron chi connectivity index (χ1n) is 8.07. The number of ether oxygens (including phenoxy) is 2. The number of carbonyl (C=O) groups excluding carboxylic acids is 1. The van der Waals surface area contributed by atoms with E-state index in [9.17, 15) is 15.0 Å². The molecule has 27 heavy (non-hydrogen) atoms. The molecule has 0 amide bonds. The lowest BCUT2D eigenvalue weighted by Gasteiger charge is -2.07. The van der Waals surface area contributed by atoms with Crippen LogP contribution in [0.15, 0.2) is 71.7 Å². The Morgan fingerprint density at radius 3 is 2.37 bits per heavy atom. The van der Waals surface area contributed by atoms with Gasteiger partial charge in [0, 0.05) is 23.9 Å². The van der Waals surface area contributed by atoms with Gasteiger partial charge in [0.25, 0.3) is 0 Å². The van der Waals surface area contributed by atoms with Crippen molar-refractivity contribution in [2.45, 2.75) is 0 Å². The average molecular weight is 363 g/mol. The monoisotopic (exact) mass is 363 g/mol. The maximum absolute atomic E-state index is 12.2. The fourth-order valence-corrected chi connectivity index (χ4v) is 2.31. The summed E-state index contributed by atoms with van der Waals surface area (Å²) in [5, 5.41) is 19.6. The molecule has 136 valence electrons. The van der Waals surface area contributed by atoms with Crippen molar-refractivity contribution in [3.8, 4) is 23.0 Å². The van der Waals surface area contributed by atoms with E-state index in [1.807, 2.05) is 0 Å². The van der Waals surface area contributed by atoms with Crippen molar-refractivity contribution in [2.24, 2.45) is 4.99 Å². The minimum absolute atomic E-state index is 0.0843. The Labute approximate surface area is 156 Å². The highest BCUT2D eigenvalue weighted by Crippen LogP contribution is 2.25. The highest BCUT2D eigenvalue weighted by Gasteiger charge is 2.10. The molecule has 3 aromatic rings. The molecule has 2 N–H and O–H groups in total. The van der Waals surface area contributed by atoms with Gasteiger partial charge in [0.2, 0.25) is 0 Å². The van der Waals surface area contributed by atoms with E-state index in [-0.39, 0.29) is 17.2 Å². The van der Waals surface area contributed by atoms with Crippen LogP contribution in [0.5, 0.6) is 23.0 Å². The first-order valence-corrected chi connectivity index (χ1v) is 8.07. The summed E-state index contributed by atoms with van der Waals surface area (Å²) in [7, 11) is 1.54. The van der Waals surface area contributed by atoms with E-state index >= 15 is 0 Å². The first-order chi connectivity index (χ1) is 13.0. The van der Waals surface area contributed by atoms with Gasteiger partial charge >= 0.3 is 5.97 Å². The highest BCUT2D eigenvalue weighted by atomic mass is 16.5. The molecule has 0 spiro atoms. The highest BCUT2D eigenvalue weighted by molar-refractivity contribution is 5.91. The van der Waals surface area contributed by atoms with Crippen LogP contribution in [0.4, 0.5) is 5.69 Å². The number of benzene rings is 3. The number of carbonyl (C=O) groups is 1. The molecule has 0 aliphatic carbocycles. The van der Waals surface area contributed by atoms with Gasteiger partial charge in [-0.1, -0.05) is 6.07 Å². The van der Waals surface area contributed by atoms with E-state index in [1.165, 1.54) is 18.3 Å². The van der Waals surface area contributed by atoms with Crippen molar-refractivity contribution in [3.63, 3.8) is 0 Å². The number of hydrogen-bond donors (Lipinski definition) is 2. The van der Waals surface area contributed by atoms with E-state index in [1.54, 1.807) is 61.7 Å². The van der Waals surface area contributed by atoms with Crippen LogP contribution in [0.1, 0.15) is 15.9 Å². The summed E-state index contributed by atoms with van der Waals surface area (Å²) in [6.07, 6.45) is 1.46. The summed E-state index contributed by atoms with van der Waals surface area (Å²) in [5.41, 5.74) is 1.36. The normalized spacial score (nSPS) is 10.7.